The van der Waals surface area contributed by atoms with E-state index >= 15 is 0 Å². The molecule has 2 aromatic carbocycles. The minimum atomic E-state index is -4.02. The van der Waals surface area contributed by atoms with E-state index in [1.807, 2.05) is 0 Å². The topological polar surface area (TPSA) is 92.7 Å². The van der Waals surface area contributed by atoms with Gasteiger partial charge in [-0.3, -0.25) is 4.72 Å². The first-order chi connectivity index (χ1) is 10.7. The van der Waals surface area contributed by atoms with Gasteiger partial charge in [0.25, 0.3) is 10.0 Å². The van der Waals surface area contributed by atoms with Gasteiger partial charge in [0.15, 0.2) is 0 Å². The van der Waals surface area contributed by atoms with Crippen LogP contribution in [-0.2, 0) is 10.0 Å². The van der Waals surface area contributed by atoms with Gasteiger partial charge in [0.1, 0.15) is 17.1 Å². The number of carboxylic acids is 1. The summed E-state index contributed by atoms with van der Waals surface area (Å²) in [4.78, 5) is 10.8. The summed E-state index contributed by atoms with van der Waals surface area (Å²) in [5.41, 5.74) is 0.390. The largest absolute Gasteiger partial charge is 0.496 e. The van der Waals surface area contributed by atoms with Crippen LogP contribution in [0.15, 0.2) is 41.3 Å². The fraction of sp³-hybridized carbons (Fsp3) is 0.133. The lowest BCUT2D eigenvalue weighted by Crippen LogP contribution is -2.15. The molecule has 0 aromatic heterocycles. The molecule has 8 heteroatoms. The lowest BCUT2D eigenvalue weighted by Gasteiger charge is -2.12. The Labute approximate surface area is 132 Å². The van der Waals surface area contributed by atoms with Crippen molar-refractivity contribution in [3.8, 4) is 5.75 Å². The van der Waals surface area contributed by atoms with E-state index in [2.05, 4.69) is 4.72 Å². The normalized spacial score (nSPS) is 11.1. The summed E-state index contributed by atoms with van der Waals surface area (Å²) < 4.78 is 45.2. The zero-order valence-corrected chi connectivity index (χ0v) is 13.1. The smallest absolute Gasteiger partial charge is 0.339 e. The molecule has 0 aliphatic carbocycles. The Morgan fingerprint density at radius 2 is 1.91 bits per heavy atom. The van der Waals surface area contributed by atoms with Crippen LogP contribution in [0.3, 0.4) is 0 Å². The molecule has 0 amide bonds. The number of carbonyl (C=O) groups is 1. The molecule has 122 valence electrons. The van der Waals surface area contributed by atoms with Crippen LogP contribution < -0.4 is 9.46 Å². The van der Waals surface area contributed by atoms with Gasteiger partial charge in [-0.25, -0.2) is 17.6 Å². The van der Waals surface area contributed by atoms with Crippen LogP contribution in [0.2, 0.25) is 0 Å². The highest BCUT2D eigenvalue weighted by atomic mass is 32.2. The van der Waals surface area contributed by atoms with E-state index in [1.165, 1.54) is 37.4 Å². The van der Waals surface area contributed by atoms with Gasteiger partial charge >= 0.3 is 5.97 Å². The molecule has 0 atom stereocenters. The first kappa shape index (κ1) is 16.8. The van der Waals surface area contributed by atoms with Gasteiger partial charge in [-0.1, -0.05) is 6.07 Å². The number of carboxylic acid groups (broad SMARTS) is 1. The number of hydrogen-bond acceptors (Lipinski definition) is 4. The molecular formula is C15H14FNO5S. The fourth-order valence-corrected chi connectivity index (χ4v) is 3.31. The highest BCUT2D eigenvalue weighted by Gasteiger charge is 2.19. The van der Waals surface area contributed by atoms with Gasteiger partial charge in [-0.05, 0) is 36.8 Å². The number of aromatic carboxylic acids is 1. The van der Waals surface area contributed by atoms with Crippen molar-refractivity contribution in [1.29, 1.82) is 0 Å². The number of halogens is 1. The van der Waals surface area contributed by atoms with Crippen molar-refractivity contribution in [3.05, 3.63) is 53.3 Å². The molecule has 0 aliphatic heterocycles. The molecule has 0 radical (unpaired) electrons. The Kier molecular flexibility index (Phi) is 4.55. The Balaban J connectivity index is 2.41. The van der Waals surface area contributed by atoms with Crippen LogP contribution in [-0.4, -0.2) is 26.6 Å². The van der Waals surface area contributed by atoms with Crippen LogP contribution in [0, 0.1) is 12.7 Å². The van der Waals surface area contributed by atoms with Crippen LogP contribution in [0.25, 0.3) is 0 Å². The Morgan fingerprint density at radius 3 is 2.52 bits per heavy atom. The van der Waals surface area contributed by atoms with E-state index in [-0.39, 0.29) is 21.9 Å². The molecule has 0 aliphatic rings. The minimum Gasteiger partial charge on any atom is -0.496 e. The van der Waals surface area contributed by atoms with Gasteiger partial charge in [0, 0.05) is 6.07 Å². The molecular weight excluding hydrogens is 325 g/mol. The molecule has 0 saturated carbocycles. The highest BCUT2D eigenvalue weighted by molar-refractivity contribution is 7.92. The summed E-state index contributed by atoms with van der Waals surface area (Å²) in [6.45, 7) is 1.54. The zero-order chi connectivity index (χ0) is 17.2. The van der Waals surface area contributed by atoms with Gasteiger partial charge in [0.05, 0.1) is 17.7 Å². The predicted molar refractivity (Wildman–Crippen MR) is 81.9 cm³/mol. The molecule has 0 spiro atoms. The number of sulfonamides is 1. The van der Waals surface area contributed by atoms with E-state index in [0.717, 1.165) is 6.07 Å². The molecule has 2 rings (SSSR count). The van der Waals surface area contributed by atoms with Crippen molar-refractivity contribution in [2.45, 2.75) is 11.8 Å². The molecule has 0 heterocycles. The van der Waals surface area contributed by atoms with Crippen LogP contribution in [0.5, 0.6) is 5.75 Å². The molecule has 0 fully saturated rings. The molecule has 6 nitrogen and oxygen atoms in total. The van der Waals surface area contributed by atoms with Crippen molar-refractivity contribution < 1.29 is 27.4 Å². The maximum absolute atomic E-state index is 13.3. The summed E-state index contributed by atoms with van der Waals surface area (Å²) in [5.74, 6) is -1.86. The first-order valence-electron chi connectivity index (χ1n) is 6.45. The molecule has 0 saturated heterocycles. The summed E-state index contributed by atoms with van der Waals surface area (Å²) >= 11 is 0. The second kappa shape index (κ2) is 6.25. The standard InChI is InChI=1S/C15H14FNO5S/c1-9-3-4-10(16)7-14(9)23(20,21)17-11-5-6-12(15(18)19)13(8-11)22-2/h3-8,17H,1-2H3,(H,18,19). The third kappa shape index (κ3) is 3.59. The monoisotopic (exact) mass is 339 g/mol. The molecule has 2 N–H and O–H groups in total. The molecule has 0 bridgehead atoms. The van der Waals surface area contributed by atoms with Gasteiger partial charge < -0.3 is 9.84 Å². The molecule has 23 heavy (non-hydrogen) atoms. The second-order valence-corrected chi connectivity index (χ2v) is 6.39. The quantitative estimate of drug-likeness (QED) is 0.873. The summed E-state index contributed by atoms with van der Waals surface area (Å²) in [5, 5.41) is 9.00. The number of ether oxygens (including phenoxy) is 1. The van der Waals surface area contributed by atoms with E-state index in [9.17, 15) is 17.6 Å². The van der Waals surface area contributed by atoms with Gasteiger partial charge in [-0.2, -0.15) is 0 Å². The second-order valence-electron chi connectivity index (χ2n) is 4.74. The zero-order valence-electron chi connectivity index (χ0n) is 12.3. The average Bonchev–Trinajstić information content (AvgIpc) is 2.48. The van der Waals surface area contributed by atoms with Crippen LogP contribution >= 0.6 is 0 Å². The first-order valence-corrected chi connectivity index (χ1v) is 7.93. The van der Waals surface area contributed by atoms with E-state index in [0.29, 0.717) is 5.56 Å². The number of aryl methyl sites for hydroxylation is 1. The number of benzene rings is 2. The van der Waals surface area contributed by atoms with Crippen molar-refractivity contribution in [2.75, 3.05) is 11.8 Å². The lowest BCUT2D eigenvalue weighted by atomic mass is 10.2. The maximum Gasteiger partial charge on any atom is 0.339 e. The number of rotatable bonds is 5. The van der Waals surface area contributed by atoms with Crippen molar-refractivity contribution in [1.82, 2.24) is 0 Å². The van der Waals surface area contributed by atoms with Crippen molar-refractivity contribution >= 4 is 21.7 Å². The number of methoxy groups -OCH3 is 1. The third-order valence-corrected chi connectivity index (χ3v) is 4.65. The van der Waals surface area contributed by atoms with E-state index in [4.69, 9.17) is 9.84 Å². The van der Waals surface area contributed by atoms with Crippen LogP contribution in [0.1, 0.15) is 15.9 Å². The Morgan fingerprint density at radius 1 is 1.22 bits per heavy atom. The SMILES string of the molecule is COc1cc(NS(=O)(=O)c2cc(F)ccc2C)ccc1C(=O)O. The Bertz CT molecular complexity index is 864. The Hall–Kier alpha value is -2.61. The molecule has 0 unspecified atom stereocenters. The average molecular weight is 339 g/mol. The summed E-state index contributed by atoms with van der Waals surface area (Å²) in [7, 11) is -2.74. The minimum absolute atomic E-state index is 0.00802. The fourth-order valence-electron chi connectivity index (χ4n) is 2.00. The van der Waals surface area contributed by atoms with Gasteiger partial charge in [-0.15, -0.1) is 0 Å². The van der Waals surface area contributed by atoms with Gasteiger partial charge in [0.2, 0.25) is 0 Å². The number of anilines is 1. The van der Waals surface area contributed by atoms with Crippen molar-refractivity contribution in [3.63, 3.8) is 0 Å². The summed E-state index contributed by atoms with van der Waals surface area (Å²) in [6.07, 6.45) is 0. The maximum atomic E-state index is 13.3. The number of hydrogen-bond donors (Lipinski definition) is 2. The van der Waals surface area contributed by atoms with E-state index in [1.54, 1.807) is 6.92 Å². The third-order valence-electron chi connectivity index (χ3n) is 3.12. The van der Waals surface area contributed by atoms with E-state index < -0.39 is 21.8 Å². The van der Waals surface area contributed by atoms with Crippen molar-refractivity contribution in [2.24, 2.45) is 0 Å². The highest BCUT2D eigenvalue weighted by Crippen LogP contribution is 2.26. The number of nitrogens with one attached hydrogen (secondary N) is 1. The molecule has 2 aromatic rings. The van der Waals surface area contributed by atoms with Crippen LogP contribution in [0.4, 0.5) is 10.1 Å². The predicted octanol–water partition coefficient (Wildman–Crippen LogP) is 2.64. The lowest BCUT2D eigenvalue weighted by molar-refractivity contribution is 0.0693. The summed E-state index contributed by atoms with van der Waals surface area (Å²) in [6, 6.07) is 7.20.